The van der Waals surface area contributed by atoms with Crippen LogP contribution in [0.15, 0.2) is 42.7 Å². The molecule has 1 atom stereocenters. The van der Waals surface area contributed by atoms with E-state index in [-0.39, 0.29) is 12.5 Å². The van der Waals surface area contributed by atoms with Gasteiger partial charge in [0.1, 0.15) is 12.1 Å². The van der Waals surface area contributed by atoms with Crippen LogP contribution in [0.5, 0.6) is 0 Å². The molecule has 0 amide bonds. The second kappa shape index (κ2) is 7.39. The molecule has 2 heterocycles. The van der Waals surface area contributed by atoms with Crippen molar-refractivity contribution in [3.05, 3.63) is 52.8 Å². The van der Waals surface area contributed by atoms with Gasteiger partial charge in [-0.25, -0.2) is 9.97 Å². The maximum Gasteiger partial charge on any atom is 0.139 e. The Morgan fingerprint density at radius 2 is 1.92 bits per heavy atom. The molecule has 26 heavy (non-hydrogen) atoms. The molecule has 1 aliphatic rings. The van der Waals surface area contributed by atoms with E-state index < -0.39 is 0 Å². The Labute approximate surface area is 162 Å². The van der Waals surface area contributed by atoms with E-state index in [0.29, 0.717) is 10.0 Å². The lowest BCUT2D eigenvalue weighted by atomic mass is 9.98. The van der Waals surface area contributed by atoms with Crippen molar-refractivity contribution in [3.8, 4) is 11.1 Å². The molecule has 1 N–H and O–H groups in total. The van der Waals surface area contributed by atoms with Gasteiger partial charge in [0.15, 0.2) is 0 Å². The summed E-state index contributed by atoms with van der Waals surface area (Å²) >= 11 is 12.5. The summed E-state index contributed by atoms with van der Waals surface area (Å²) in [5, 5.41) is 11.8. The van der Waals surface area contributed by atoms with Gasteiger partial charge in [0.2, 0.25) is 0 Å². The van der Waals surface area contributed by atoms with Crippen LogP contribution < -0.4 is 4.90 Å². The van der Waals surface area contributed by atoms with Gasteiger partial charge < -0.3 is 10.0 Å². The Bertz CT molecular complexity index is 930. The number of aromatic nitrogens is 2. The molecular formula is C20H19Cl2N3O. The molecule has 0 saturated carbocycles. The van der Waals surface area contributed by atoms with Gasteiger partial charge in [-0.3, -0.25) is 0 Å². The van der Waals surface area contributed by atoms with E-state index in [1.54, 1.807) is 6.33 Å². The monoisotopic (exact) mass is 387 g/mol. The molecule has 0 spiro atoms. The number of rotatable bonds is 3. The molecular weight excluding hydrogens is 369 g/mol. The number of hydrogen-bond donors (Lipinski definition) is 1. The number of aliphatic hydroxyl groups excluding tert-OH is 1. The van der Waals surface area contributed by atoms with Crippen molar-refractivity contribution in [2.75, 3.05) is 24.6 Å². The predicted molar refractivity (Wildman–Crippen MR) is 107 cm³/mol. The van der Waals surface area contributed by atoms with Gasteiger partial charge in [0.05, 0.1) is 10.5 Å². The number of hydrogen-bond acceptors (Lipinski definition) is 4. The standard InChI is InChI=1S/C20H19Cl2N3O/c21-15-5-3-14(4-6-15)16-8-17-19(9-18(16)22)23-12-24-20(17)25-7-1-2-13(10-25)11-26/h3-6,8-9,12-13,26H,1-2,7,10-11H2. The molecule has 0 radical (unpaired) electrons. The number of fused-ring (bicyclic) bond motifs is 1. The fourth-order valence-electron chi connectivity index (χ4n) is 3.57. The van der Waals surface area contributed by atoms with Crippen LogP contribution in [0.2, 0.25) is 10.0 Å². The van der Waals surface area contributed by atoms with E-state index in [2.05, 4.69) is 20.9 Å². The van der Waals surface area contributed by atoms with Gasteiger partial charge in [-0.1, -0.05) is 35.3 Å². The fourth-order valence-corrected chi connectivity index (χ4v) is 3.97. The highest BCUT2D eigenvalue weighted by atomic mass is 35.5. The second-order valence-corrected chi connectivity index (χ2v) is 7.53. The third-order valence-corrected chi connectivity index (χ3v) is 5.50. The summed E-state index contributed by atoms with van der Waals surface area (Å²) in [6.45, 7) is 1.95. The van der Waals surface area contributed by atoms with Crippen LogP contribution in [0.25, 0.3) is 22.0 Å². The SMILES string of the molecule is OCC1CCCN(c2ncnc3cc(Cl)c(-c4ccc(Cl)cc4)cc23)C1. The molecule has 1 saturated heterocycles. The molecule has 1 aromatic heterocycles. The van der Waals surface area contributed by atoms with Crippen molar-refractivity contribution >= 4 is 39.9 Å². The first-order chi connectivity index (χ1) is 12.7. The van der Waals surface area contributed by atoms with Crippen molar-refractivity contribution in [3.63, 3.8) is 0 Å². The largest absolute Gasteiger partial charge is 0.396 e. The Morgan fingerprint density at radius 1 is 1.12 bits per heavy atom. The van der Waals surface area contributed by atoms with Crippen LogP contribution in [-0.2, 0) is 0 Å². The Hall–Kier alpha value is -1.88. The molecule has 2 aromatic carbocycles. The molecule has 4 nitrogen and oxygen atoms in total. The summed E-state index contributed by atoms with van der Waals surface area (Å²) in [5.41, 5.74) is 2.76. The van der Waals surface area contributed by atoms with Gasteiger partial charge in [-0.15, -0.1) is 0 Å². The zero-order chi connectivity index (χ0) is 18.1. The van der Waals surface area contributed by atoms with E-state index in [9.17, 15) is 5.11 Å². The van der Waals surface area contributed by atoms with Crippen LogP contribution in [0.4, 0.5) is 5.82 Å². The maximum absolute atomic E-state index is 9.53. The summed E-state index contributed by atoms with van der Waals surface area (Å²) < 4.78 is 0. The third kappa shape index (κ3) is 3.37. The first-order valence-electron chi connectivity index (χ1n) is 8.71. The van der Waals surface area contributed by atoms with Gasteiger partial charge in [-0.2, -0.15) is 0 Å². The van der Waals surface area contributed by atoms with Crippen LogP contribution in [0.1, 0.15) is 12.8 Å². The van der Waals surface area contributed by atoms with E-state index >= 15 is 0 Å². The molecule has 6 heteroatoms. The minimum Gasteiger partial charge on any atom is -0.396 e. The quantitative estimate of drug-likeness (QED) is 0.700. The number of anilines is 1. The molecule has 0 aliphatic carbocycles. The van der Waals surface area contributed by atoms with Crippen LogP contribution >= 0.6 is 23.2 Å². The second-order valence-electron chi connectivity index (χ2n) is 6.69. The maximum atomic E-state index is 9.53. The van der Waals surface area contributed by atoms with Crippen molar-refractivity contribution in [1.29, 1.82) is 0 Å². The number of halogens is 2. The zero-order valence-corrected chi connectivity index (χ0v) is 15.7. The number of piperidine rings is 1. The van der Waals surface area contributed by atoms with Gasteiger partial charge in [0.25, 0.3) is 0 Å². The minimum atomic E-state index is 0.210. The Morgan fingerprint density at radius 3 is 2.69 bits per heavy atom. The molecule has 134 valence electrons. The van der Waals surface area contributed by atoms with Crippen LogP contribution in [0, 0.1) is 5.92 Å². The summed E-state index contributed by atoms with van der Waals surface area (Å²) in [6.07, 6.45) is 3.69. The molecule has 1 fully saturated rings. The van der Waals surface area contributed by atoms with Crippen molar-refractivity contribution < 1.29 is 5.11 Å². The van der Waals surface area contributed by atoms with E-state index in [1.165, 1.54) is 0 Å². The zero-order valence-electron chi connectivity index (χ0n) is 14.2. The summed E-state index contributed by atoms with van der Waals surface area (Å²) in [5.74, 6) is 1.19. The third-order valence-electron chi connectivity index (χ3n) is 4.94. The number of benzene rings is 2. The molecule has 4 rings (SSSR count). The lowest BCUT2D eigenvalue weighted by Gasteiger charge is -2.33. The fraction of sp³-hybridized carbons (Fsp3) is 0.300. The first-order valence-corrected chi connectivity index (χ1v) is 9.47. The Kier molecular flexibility index (Phi) is 4.98. The van der Waals surface area contributed by atoms with Crippen molar-refractivity contribution in [2.45, 2.75) is 12.8 Å². The van der Waals surface area contributed by atoms with Gasteiger partial charge in [-0.05, 0) is 48.6 Å². The lowest BCUT2D eigenvalue weighted by molar-refractivity contribution is 0.208. The average Bonchev–Trinajstić information content (AvgIpc) is 2.68. The molecule has 1 unspecified atom stereocenters. The molecule has 0 bridgehead atoms. The van der Waals surface area contributed by atoms with E-state index in [0.717, 1.165) is 53.8 Å². The topological polar surface area (TPSA) is 49.2 Å². The summed E-state index contributed by atoms with van der Waals surface area (Å²) in [7, 11) is 0. The highest BCUT2D eigenvalue weighted by molar-refractivity contribution is 6.34. The predicted octanol–water partition coefficient (Wildman–Crippen LogP) is 4.81. The summed E-state index contributed by atoms with van der Waals surface area (Å²) in [6, 6.07) is 11.6. The molecule has 3 aromatic rings. The highest BCUT2D eigenvalue weighted by Crippen LogP contribution is 2.35. The normalized spacial score (nSPS) is 17.7. The lowest BCUT2D eigenvalue weighted by Crippen LogP contribution is -2.37. The minimum absolute atomic E-state index is 0.210. The average molecular weight is 388 g/mol. The van der Waals surface area contributed by atoms with Crippen molar-refractivity contribution in [2.24, 2.45) is 5.92 Å². The first kappa shape index (κ1) is 17.5. The van der Waals surface area contributed by atoms with Crippen LogP contribution in [-0.4, -0.2) is 34.8 Å². The smallest absolute Gasteiger partial charge is 0.139 e. The van der Waals surface area contributed by atoms with E-state index in [4.69, 9.17) is 23.2 Å². The number of aliphatic hydroxyl groups is 1. The number of nitrogens with zero attached hydrogens (tertiary/aromatic N) is 3. The molecule has 1 aliphatic heterocycles. The van der Waals surface area contributed by atoms with Gasteiger partial charge >= 0.3 is 0 Å². The highest BCUT2D eigenvalue weighted by Gasteiger charge is 2.22. The Balaban J connectivity index is 1.82. The van der Waals surface area contributed by atoms with E-state index in [1.807, 2.05) is 30.3 Å². The van der Waals surface area contributed by atoms with Crippen LogP contribution in [0.3, 0.4) is 0 Å². The van der Waals surface area contributed by atoms with Crippen molar-refractivity contribution in [1.82, 2.24) is 9.97 Å². The van der Waals surface area contributed by atoms with Gasteiger partial charge in [0, 0.05) is 35.7 Å². The summed E-state index contributed by atoms with van der Waals surface area (Å²) in [4.78, 5) is 11.2.